The van der Waals surface area contributed by atoms with Gasteiger partial charge < -0.3 is 24.8 Å². The van der Waals surface area contributed by atoms with Gasteiger partial charge in [-0.3, -0.25) is 9.58 Å². The molecule has 2 bridgehead atoms. The summed E-state index contributed by atoms with van der Waals surface area (Å²) in [5.41, 5.74) is 4.45. The second kappa shape index (κ2) is 11.6. The largest absolute Gasteiger partial charge is 0.493 e. The van der Waals surface area contributed by atoms with E-state index < -0.39 is 0 Å². The molecule has 3 aromatic rings. The topological polar surface area (TPSA) is 89.9 Å². The van der Waals surface area contributed by atoms with E-state index in [0.29, 0.717) is 40.1 Å². The van der Waals surface area contributed by atoms with Gasteiger partial charge in [0, 0.05) is 49.0 Å². The smallest absolute Gasteiger partial charge is 0.337 e. The minimum absolute atomic E-state index is 0.373. The number of aryl methyl sites for hydroxylation is 1. The lowest BCUT2D eigenvalue weighted by atomic mass is 9.74. The van der Waals surface area contributed by atoms with Gasteiger partial charge in [0.2, 0.25) is 0 Å². The standard InChI is InChI=1S/C29H35N5O4S/c1-33-25(15-24(32-33)19-8-9-26(36-2)27(14-19)37-3)23-17-34-11-10-18(23)13-22(34)16-30-29(39)31-21-7-5-6-20(12-21)28(35)38-4/h5-9,12,14-15,18,22-23H,10-11,13,16-17H2,1-4H3,(H2,30,31,39). The molecule has 3 aliphatic heterocycles. The number of hydrogen-bond acceptors (Lipinski definition) is 7. The first kappa shape index (κ1) is 27.0. The van der Waals surface area contributed by atoms with Crippen molar-refractivity contribution in [1.29, 1.82) is 0 Å². The number of methoxy groups -OCH3 is 3. The van der Waals surface area contributed by atoms with Crippen LogP contribution in [0, 0.1) is 5.92 Å². The second-order valence-electron chi connectivity index (χ2n) is 10.1. The predicted molar refractivity (Wildman–Crippen MR) is 155 cm³/mol. The molecule has 39 heavy (non-hydrogen) atoms. The van der Waals surface area contributed by atoms with E-state index >= 15 is 0 Å². The van der Waals surface area contributed by atoms with Crippen LogP contribution < -0.4 is 20.1 Å². The van der Waals surface area contributed by atoms with Crippen LogP contribution in [0.4, 0.5) is 5.69 Å². The molecule has 3 fully saturated rings. The van der Waals surface area contributed by atoms with Crippen LogP contribution in [0.2, 0.25) is 0 Å². The van der Waals surface area contributed by atoms with Gasteiger partial charge in [-0.15, -0.1) is 0 Å². The number of hydrogen-bond donors (Lipinski definition) is 2. The van der Waals surface area contributed by atoms with Crippen molar-refractivity contribution in [3.63, 3.8) is 0 Å². The highest BCUT2D eigenvalue weighted by molar-refractivity contribution is 7.80. The number of fused-ring (bicyclic) bond motifs is 3. The van der Waals surface area contributed by atoms with Crippen molar-refractivity contribution in [3.05, 3.63) is 59.8 Å². The number of carbonyl (C=O) groups is 1. The first-order chi connectivity index (χ1) is 18.9. The summed E-state index contributed by atoms with van der Waals surface area (Å²) < 4.78 is 17.7. The molecule has 0 spiro atoms. The molecule has 2 aromatic carbocycles. The van der Waals surface area contributed by atoms with Gasteiger partial charge in [0.15, 0.2) is 16.6 Å². The molecule has 3 saturated heterocycles. The Morgan fingerprint density at radius 2 is 1.92 bits per heavy atom. The molecule has 1 aromatic heterocycles. The third-order valence-corrected chi connectivity index (χ3v) is 8.14. The van der Waals surface area contributed by atoms with Gasteiger partial charge in [-0.1, -0.05) is 6.07 Å². The molecule has 0 saturated carbocycles. The van der Waals surface area contributed by atoms with Crippen LogP contribution in [-0.4, -0.2) is 72.8 Å². The van der Waals surface area contributed by atoms with Crippen molar-refractivity contribution in [2.45, 2.75) is 24.8 Å². The summed E-state index contributed by atoms with van der Waals surface area (Å²) in [7, 11) is 6.70. The van der Waals surface area contributed by atoms with E-state index in [4.69, 9.17) is 31.5 Å². The van der Waals surface area contributed by atoms with Gasteiger partial charge in [-0.25, -0.2) is 4.79 Å². The number of rotatable bonds is 8. The first-order valence-electron chi connectivity index (χ1n) is 13.1. The minimum Gasteiger partial charge on any atom is -0.493 e. The highest BCUT2D eigenvalue weighted by atomic mass is 32.1. The Morgan fingerprint density at radius 3 is 2.64 bits per heavy atom. The minimum atomic E-state index is -0.373. The van der Waals surface area contributed by atoms with Crippen molar-refractivity contribution in [2.24, 2.45) is 13.0 Å². The quantitative estimate of drug-likeness (QED) is 0.319. The van der Waals surface area contributed by atoms with Gasteiger partial charge >= 0.3 is 5.97 Å². The molecule has 4 heterocycles. The van der Waals surface area contributed by atoms with Crippen LogP contribution >= 0.6 is 12.2 Å². The summed E-state index contributed by atoms with van der Waals surface area (Å²) in [5.74, 6) is 2.06. The van der Waals surface area contributed by atoms with Crippen LogP contribution in [-0.2, 0) is 11.8 Å². The number of carbonyl (C=O) groups excluding carboxylic acids is 1. The van der Waals surface area contributed by atoms with Crippen molar-refractivity contribution in [2.75, 3.05) is 46.3 Å². The van der Waals surface area contributed by atoms with Crippen LogP contribution in [0.1, 0.15) is 34.8 Å². The number of aromatic nitrogens is 2. The van der Waals surface area contributed by atoms with Crippen molar-refractivity contribution in [3.8, 4) is 22.8 Å². The number of esters is 1. The van der Waals surface area contributed by atoms with Crippen molar-refractivity contribution in [1.82, 2.24) is 20.0 Å². The molecule has 0 amide bonds. The third-order valence-electron chi connectivity index (χ3n) is 7.89. The number of nitrogens with zero attached hydrogens (tertiary/aromatic N) is 3. The van der Waals surface area contributed by atoms with E-state index in [1.54, 1.807) is 32.4 Å². The number of ether oxygens (including phenoxy) is 3. The molecular weight excluding hydrogens is 514 g/mol. The fraction of sp³-hybridized carbons (Fsp3) is 0.414. The zero-order valence-corrected chi connectivity index (χ0v) is 23.6. The molecule has 6 rings (SSSR count). The number of anilines is 1. The fourth-order valence-electron chi connectivity index (χ4n) is 5.88. The van der Waals surface area contributed by atoms with Crippen LogP contribution in [0.25, 0.3) is 11.3 Å². The van der Waals surface area contributed by atoms with Gasteiger partial charge in [0.25, 0.3) is 0 Å². The molecule has 4 unspecified atom stereocenters. The van der Waals surface area contributed by atoms with E-state index in [1.165, 1.54) is 19.2 Å². The molecule has 4 atom stereocenters. The molecule has 0 radical (unpaired) electrons. The zero-order chi connectivity index (χ0) is 27.5. The molecule has 206 valence electrons. The van der Waals surface area contributed by atoms with E-state index in [1.807, 2.05) is 36.0 Å². The fourth-order valence-corrected chi connectivity index (χ4v) is 6.08. The maximum atomic E-state index is 11.8. The average Bonchev–Trinajstić information content (AvgIpc) is 3.36. The first-order valence-corrected chi connectivity index (χ1v) is 13.5. The molecule has 3 aliphatic rings. The highest BCUT2D eigenvalue weighted by Crippen LogP contribution is 2.42. The number of benzene rings is 2. The zero-order valence-electron chi connectivity index (χ0n) is 22.8. The summed E-state index contributed by atoms with van der Waals surface area (Å²) in [6.07, 6.45) is 2.29. The van der Waals surface area contributed by atoms with E-state index in [0.717, 1.165) is 43.0 Å². The Hall–Kier alpha value is -3.63. The Labute approximate surface area is 234 Å². The third kappa shape index (κ3) is 5.72. The van der Waals surface area contributed by atoms with Crippen LogP contribution in [0.3, 0.4) is 0 Å². The summed E-state index contributed by atoms with van der Waals surface area (Å²) in [4.78, 5) is 14.4. The maximum absolute atomic E-state index is 11.8. The summed E-state index contributed by atoms with van der Waals surface area (Å²) in [6.45, 7) is 2.87. The van der Waals surface area contributed by atoms with Gasteiger partial charge in [0.1, 0.15) is 0 Å². The number of piperidine rings is 3. The van der Waals surface area contributed by atoms with E-state index in [-0.39, 0.29) is 5.97 Å². The Balaban J connectivity index is 1.20. The molecule has 9 nitrogen and oxygen atoms in total. The average molecular weight is 550 g/mol. The van der Waals surface area contributed by atoms with Crippen molar-refractivity contribution < 1.29 is 19.0 Å². The van der Waals surface area contributed by atoms with Crippen LogP contribution in [0.15, 0.2) is 48.5 Å². The van der Waals surface area contributed by atoms with Crippen LogP contribution in [0.5, 0.6) is 11.5 Å². The maximum Gasteiger partial charge on any atom is 0.337 e. The van der Waals surface area contributed by atoms with Crippen molar-refractivity contribution >= 4 is 29.0 Å². The summed E-state index contributed by atoms with van der Waals surface area (Å²) in [6, 6.07) is 15.7. The summed E-state index contributed by atoms with van der Waals surface area (Å²) >= 11 is 5.54. The summed E-state index contributed by atoms with van der Waals surface area (Å²) in [5, 5.41) is 12.0. The SMILES string of the molecule is COC(=O)c1cccc(NC(=S)NCC2CC3CCN2CC3c2cc(-c3ccc(OC)c(OC)c3)nn2C)c1. The van der Waals surface area contributed by atoms with E-state index in [2.05, 4.69) is 21.6 Å². The Bertz CT molecular complexity index is 1360. The number of thiocarbonyl (C=S) groups is 1. The predicted octanol–water partition coefficient (Wildman–Crippen LogP) is 4.06. The lowest BCUT2D eigenvalue weighted by molar-refractivity contribution is 0.0303. The monoisotopic (exact) mass is 549 g/mol. The second-order valence-corrected chi connectivity index (χ2v) is 10.5. The van der Waals surface area contributed by atoms with Gasteiger partial charge in [-0.2, -0.15) is 5.10 Å². The molecular formula is C29H35N5O4S. The Morgan fingerprint density at radius 1 is 1.10 bits per heavy atom. The molecule has 2 N–H and O–H groups in total. The van der Waals surface area contributed by atoms with Gasteiger partial charge in [0.05, 0.1) is 32.6 Å². The Kier molecular flexibility index (Phi) is 8.04. The highest BCUT2D eigenvalue weighted by Gasteiger charge is 2.41. The van der Waals surface area contributed by atoms with E-state index in [9.17, 15) is 4.79 Å². The lowest BCUT2D eigenvalue weighted by Crippen LogP contribution is -2.56. The number of nitrogens with one attached hydrogen (secondary N) is 2. The molecule has 10 heteroatoms. The van der Waals surface area contributed by atoms with Gasteiger partial charge in [-0.05, 0) is 80.0 Å². The normalized spacial score (nSPS) is 21.7. The lowest BCUT2D eigenvalue weighted by Gasteiger charge is -2.50. The molecule has 0 aliphatic carbocycles.